The molecule has 0 aliphatic heterocycles. The number of nitrogens with one attached hydrogen (secondary N) is 2. The zero-order valence-electron chi connectivity index (χ0n) is 15.1. The molecule has 2 aromatic heterocycles. The standard InChI is InChI=1S/C19H22ClN3O2S/c1-11(2)21-19-23-15(10-26-19)14-9-16(24)13-7-6-12(5-4-8-25-3)17(20)18(13)22-14/h6-7,9-11H,4-5,8H2,1-3H3,(H,21,23)(H,22,24). The van der Waals surface area contributed by atoms with E-state index < -0.39 is 0 Å². The number of anilines is 1. The van der Waals surface area contributed by atoms with E-state index >= 15 is 0 Å². The van der Waals surface area contributed by atoms with Gasteiger partial charge < -0.3 is 15.0 Å². The molecule has 0 atom stereocenters. The largest absolute Gasteiger partial charge is 0.385 e. The van der Waals surface area contributed by atoms with Gasteiger partial charge in [0.15, 0.2) is 10.6 Å². The topological polar surface area (TPSA) is 67.0 Å². The molecule has 138 valence electrons. The maximum atomic E-state index is 12.5. The molecule has 0 amide bonds. The molecule has 3 aromatic rings. The second kappa shape index (κ2) is 8.20. The van der Waals surface area contributed by atoms with Crippen molar-refractivity contribution < 1.29 is 4.74 Å². The van der Waals surface area contributed by atoms with Crippen molar-refractivity contribution in [2.75, 3.05) is 19.0 Å². The van der Waals surface area contributed by atoms with Gasteiger partial charge in [0.2, 0.25) is 0 Å². The molecule has 7 heteroatoms. The Morgan fingerprint density at radius 1 is 1.38 bits per heavy atom. The van der Waals surface area contributed by atoms with Gasteiger partial charge in [-0.15, -0.1) is 11.3 Å². The molecular weight excluding hydrogens is 370 g/mol. The van der Waals surface area contributed by atoms with Gasteiger partial charge in [0, 0.05) is 36.6 Å². The summed E-state index contributed by atoms with van der Waals surface area (Å²) in [5.74, 6) is 0. The molecule has 2 heterocycles. The number of fused-ring (bicyclic) bond motifs is 1. The van der Waals surface area contributed by atoms with Crippen LogP contribution in [0.3, 0.4) is 0 Å². The first-order valence-electron chi connectivity index (χ1n) is 8.55. The smallest absolute Gasteiger partial charge is 0.190 e. The highest BCUT2D eigenvalue weighted by Gasteiger charge is 2.13. The van der Waals surface area contributed by atoms with Crippen LogP contribution in [-0.2, 0) is 11.2 Å². The first-order valence-corrected chi connectivity index (χ1v) is 9.81. The third-order valence-electron chi connectivity index (χ3n) is 4.01. The molecule has 3 rings (SSSR count). The number of rotatable bonds is 7. The van der Waals surface area contributed by atoms with E-state index in [1.165, 1.54) is 11.3 Å². The lowest BCUT2D eigenvalue weighted by Crippen LogP contribution is -2.09. The summed E-state index contributed by atoms with van der Waals surface area (Å²) in [6, 6.07) is 5.63. The van der Waals surface area contributed by atoms with Gasteiger partial charge in [0.25, 0.3) is 0 Å². The predicted octanol–water partition coefficient (Wildman–Crippen LogP) is 4.70. The summed E-state index contributed by atoms with van der Waals surface area (Å²) in [6.45, 7) is 4.79. The van der Waals surface area contributed by atoms with Gasteiger partial charge in [-0.1, -0.05) is 17.7 Å². The Morgan fingerprint density at radius 2 is 2.19 bits per heavy atom. The molecule has 5 nitrogen and oxygen atoms in total. The fourth-order valence-electron chi connectivity index (χ4n) is 2.78. The van der Waals surface area contributed by atoms with Crippen LogP contribution in [-0.4, -0.2) is 29.7 Å². The van der Waals surface area contributed by atoms with Crippen LogP contribution in [0.15, 0.2) is 28.4 Å². The van der Waals surface area contributed by atoms with Crippen molar-refractivity contribution in [2.24, 2.45) is 0 Å². The van der Waals surface area contributed by atoms with E-state index in [4.69, 9.17) is 16.3 Å². The van der Waals surface area contributed by atoms with Gasteiger partial charge in [-0.25, -0.2) is 4.98 Å². The number of thiazole rings is 1. The number of hydrogen-bond donors (Lipinski definition) is 2. The lowest BCUT2D eigenvalue weighted by Gasteiger charge is -2.09. The minimum Gasteiger partial charge on any atom is -0.385 e. The predicted molar refractivity (Wildman–Crippen MR) is 110 cm³/mol. The summed E-state index contributed by atoms with van der Waals surface area (Å²) in [6.07, 6.45) is 1.68. The molecule has 0 spiro atoms. The summed E-state index contributed by atoms with van der Waals surface area (Å²) in [5, 5.41) is 7.21. The van der Waals surface area contributed by atoms with Crippen LogP contribution >= 0.6 is 22.9 Å². The first kappa shape index (κ1) is 18.9. The van der Waals surface area contributed by atoms with E-state index in [-0.39, 0.29) is 5.43 Å². The number of halogens is 1. The van der Waals surface area contributed by atoms with Crippen molar-refractivity contribution in [1.82, 2.24) is 9.97 Å². The van der Waals surface area contributed by atoms with Crippen LogP contribution < -0.4 is 10.7 Å². The van der Waals surface area contributed by atoms with Crippen LogP contribution in [0.2, 0.25) is 5.02 Å². The molecule has 0 bridgehead atoms. The minimum atomic E-state index is -0.0644. The summed E-state index contributed by atoms with van der Waals surface area (Å²) in [4.78, 5) is 20.4. The number of ether oxygens (including phenoxy) is 1. The number of H-pyrrole nitrogens is 1. The second-order valence-electron chi connectivity index (χ2n) is 6.44. The Balaban J connectivity index is 2.01. The van der Waals surface area contributed by atoms with E-state index in [9.17, 15) is 4.79 Å². The number of nitrogens with zero attached hydrogens (tertiary/aromatic N) is 1. The van der Waals surface area contributed by atoms with Gasteiger partial charge in [0.05, 0.1) is 21.9 Å². The molecule has 0 aliphatic carbocycles. The minimum absolute atomic E-state index is 0.0644. The molecule has 0 unspecified atom stereocenters. The third-order valence-corrected chi connectivity index (χ3v) is 5.21. The number of aromatic amines is 1. The SMILES string of the molecule is COCCCc1ccc2c(=O)cc(-c3csc(NC(C)C)n3)[nH]c2c1Cl. The van der Waals surface area contributed by atoms with E-state index in [2.05, 4.69) is 29.1 Å². The third kappa shape index (κ3) is 4.09. The monoisotopic (exact) mass is 391 g/mol. The van der Waals surface area contributed by atoms with Gasteiger partial charge in [-0.05, 0) is 38.3 Å². The Morgan fingerprint density at radius 3 is 2.92 bits per heavy atom. The van der Waals surface area contributed by atoms with E-state index in [0.717, 1.165) is 29.2 Å². The lowest BCUT2D eigenvalue weighted by atomic mass is 10.1. The Kier molecular flexibility index (Phi) is 5.96. The highest BCUT2D eigenvalue weighted by atomic mass is 35.5. The fraction of sp³-hybridized carbons (Fsp3) is 0.368. The Labute approximate surface area is 161 Å². The first-order chi connectivity index (χ1) is 12.5. The van der Waals surface area contributed by atoms with Crippen molar-refractivity contribution in [2.45, 2.75) is 32.7 Å². The highest BCUT2D eigenvalue weighted by Crippen LogP contribution is 2.29. The maximum Gasteiger partial charge on any atom is 0.190 e. The van der Waals surface area contributed by atoms with E-state index in [0.29, 0.717) is 34.3 Å². The number of benzene rings is 1. The molecule has 2 N–H and O–H groups in total. The number of aryl methyl sites for hydroxylation is 1. The zero-order chi connectivity index (χ0) is 18.7. The molecule has 1 aromatic carbocycles. The summed E-state index contributed by atoms with van der Waals surface area (Å²) in [7, 11) is 1.68. The van der Waals surface area contributed by atoms with Crippen molar-refractivity contribution in [3.05, 3.63) is 44.4 Å². The van der Waals surface area contributed by atoms with Crippen molar-refractivity contribution >= 4 is 39.0 Å². The maximum absolute atomic E-state index is 12.5. The number of hydrogen-bond acceptors (Lipinski definition) is 5. The van der Waals surface area contributed by atoms with Crippen molar-refractivity contribution in [3.8, 4) is 11.4 Å². The summed E-state index contributed by atoms with van der Waals surface area (Å²) in [5.41, 5.74) is 3.01. The van der Waals surface area contributed by atoms with Crippen LogP contribution in [0.4, 0.5) is 5.13 Å². The summed E-state index contributed by atoms with van der Waals surface area (Å²) >= 11 is 8.10. The van der Waals surface area contributed by atoms with Crippen molar-refractivity contribution in [1.29, 1.82) is 0 Å². The molecule has 26 heavy (non-hydrogen) atoms. The lowest BCUT2D eigenvalue weighted by molar-refractivity contribution is 0.195. The normalized spacial score (nSPS) is 11.4. The number of methoxy groups -OCH3 is 1. The molecule has 0 fully saturated rings. The molecule has 0 saturated heterocycles. The van der Waals surface area contributed by atoms with E-state index in [1.54, 1.807) is 13.2 Å². The zero-order valence-corrected chi connectivity index (χ0v) is 16.6. The quantitative estimate of drug-likeness (QED) is 0.572. The Bertz CT molecular complexity index is 965. The van der Waals surface area contributed by atoms with Gasteiger partial charge in [-0.3, -0.25) is 4.79 Å². The molecular formula is C19H22ClN3O2S. The van der Waals surface area contributed by atoms with Crippen LogP contribution in [0.1, 0.15) is 25.8 Å². The molecule has 0 saturated carbocycles. The van der Waals surface area contributed by atoms with Gasteiger partial charge in [-0.2, -0.15) is 0 Å². The van der Waals surface area contributed by atoms with Crippen LogP contribution in [0.25, 0.3) is 22.3 Å². The van der Waals surface area contributed by atoms with E-state index in [1.807, 2.05) is 17.5 Å². The Hall–Kier alpha value is -1.89. The van der Waals surface area contributed by atoms with Gasteiger partial charge >= 0.3 is 0 Å². The molecule has 0 radical (unpaired) electrons. The molecule has 0 aliphatic rings. The average molecular weight is 392 g/mol. The number of pyridine rings is 1. The average Bonchev–Trinajstić information content (AvgIpc) is 3.05. The highest BCUT2D eigenvalue weighted by molar-refractivity contribution is 7.14. The van der Waals surface area contributed by atoms with Gasteiger partial charge in [0.1, 0.15) is 0 Å². The fourth-order valence-corrected chi connectivity index (χ4v) is 3.94. The summed E-state index contributed by atoms with van der Waals surface area (Å²) < 4.78 is 5.10. The van der Waals surface area contributed by atoms with Crippen molar-refractivity contribution in [3.63, 3.8) is 0 Å². The van der Waals surface area contributed by atoms with Crippen LogP contribution in [0, 0.1) is 0 Å². The van der Waals surface area contributed by atoms with Crippen LogP contribution in [0.5, 0.6) is 0 Å². The number of aromatic nitrogens is 2. The second-order valence-corrected chi connectivity index (χ2v) is 7.68.